The van der Waals surface area contributed by atoms with E-state index in [1.54, 1.807) is 12.1 Å². The predicted molar refractivity (Wildman–Crippen MR) is 123 cm³/mol. The Morgan fingerprint density at radius 2 is 1.81 bits per heavy atom. The molecule has 0 radical (unpaired) electrons. The molecule has 0 spiro atoms. The van der Waals surface area contributed by atoms with Gasteiger partial charge in [-0.1, -0.05) is 6.92 Å². The van der Waals surface area contributed by atoms with Gasteiger partial charge in [0.25, 0.3) is 5.91 Å². The van der Waals surface area contributed by atoms with Gasteiger partial charge in [0.1, 0.15) is 18.0 Å². The van der Waals surface area contributed by atoms with Crippen LogP contribution in [-0.4, -0.2) is 41.7 Å². The SMILES string of the molecule is CCCOC(=O)CNC(=O)c1cc(Oc2c(Br)cc(CP(C)(=O)O)cc2Br)ccc1O. The fraction of sp³-hybridized carbons (Fsp3) is 0.300. The molecule has 0 aromatic heterocycles. The molecule has 0 heterocycles. The van der Waals surface area contributed by atoms with Gasteiger partial charge in [0.05, 0.1) is 21.1 Å². The number of ether oxygens (including phenoxy) is 2. The van der Waals surface area contributed by atoms with Crippen molar-refractivity contribution < 1.29 is 33.6 Å². The average molecular weight is 579 g/mol. The summed E-state index contributed by atoms with van der Waals surface area (Å²) in [4.78, 5) is 33.5. The second kappa shape index (κ2) is 11.1. The summed E-state index contributed by atoms with van der Waals surface area (Å²) in [6.07, 6.45) is 0.679. The highest BCUT2D eigenvalue weighted by Gasteiger charge is 2.18. The monoisotopic (exact) mass is 577 g/mol. The maximum Gasteiger partial charge on any atom is 0.325 e. The number of amides is 1. The molecule has 0 aliphatic carbocycles. The van der Waals surface area contributed by atoms with Crippen molar-refractivity contribution in [3.8, 4) is 17.2 Å². The van der Waals surface area contributed by atoms with Crippen molar-refractivity contribution in [2.24, 2.45) is 0 Å². The summed E-state index contributed by atoms with van der Waals surface area (Å²) in [5, 5.41) is 12.4. The molecule has 0 aliphatic heterocycles. The van der Waals surface area contributed by atoms with Crippen molar-refractivity contribution in [3.05, 3.63) is 50.4 Å². The smallest absolute Gasteiger partial charge is 0.325 e. The number of halogens is 2. The van der Waals surface area contributed by atoms with Gasteiger partial charge < -0.3 is 24.8 Å². The number of phenolic OH excluding ortho intramolecular Hbond substituents is 1. The third-order valence-corrected chi connectivity index (χ3v) is 5.96. The lowest BCUT2D eigenvalue weighted by molar-refractivity contribution is -0.142. The molecule has 2 aromatic rings. The summed E-state index contributed by atoms with van der Waals surface area (Å²) < 4.78 is 23.5. The van der Waals surface area contributed by atoms with E-state index in [2.05, 4.69) is 37.2 Å². The highest BCUT2D eigenvalue weighted by molar-refractivity contribution is 9.11. The Bertz CT molecular complexity index is 1000. The van der Waals surface area contributed by atoms with E-state index in [9.17, 15) is 24.2 Å². The Hall–Kier alpha value is -1.87. The average Bonchev–Trinajstić information content (AvgIpc) is 2.67. The molecule has 31 heavy (non-hydrogen) atoms. The summed E-state index contributed by atoms with van der Waals surface area (Å²) in [7, 11) is -3.24. The van der Waals surface area contributed by atoms with E-state index in [4.69, 9.17) is 9.47 Å². The molecule has 3 N–H and O–H groups in total. The zero-order chi connectivity index (χ0) is 23.2. The molecule has 168 valence electrons. The topological polar surface area (TPSA) is 122 Å². The lowest BCUT2D eigenvalue weighted by Crippen LogP contribution is -2.30. The molecule has 2 rings (SSSR count). The van der Waals surface area contributed by atoms with Crippen LogP contribution in [-0.2, 0) is 20.3 Å². The van der Waals surface area contributed by atoms with Crippen LogP contribution in [0.5, 0.6) is 17.2 Å². The number of aromatic hydroxyl groups is 1. The molecule has 0 saturated heterocycles. The highest BCUT2D eigenvalue weighted by Crippen LogP contribution is 2.44. The molecular weight excluding hydrogens is 557 g/mol. The number of esters is 1. The van der Waals surface area contributed by atoms with Crippen molar-refractivity contribution in [2.75, 3.05) is 19.8 Å². The summed E-state index contributed by atoms with van der Waals surface area (Å²) >= 11 is 6.76. The van der Waals surface area contributed by atoms with E-state index >= 15 is 0 Å². The van der Waals surface area contributed by atoms with Crippen LogP contribution in [0.3, 0.4) is 0 Å². The minimum atomic E-state index is -3.24. The van der Waals surface area contributed by atoms with E-state index in [0.29, 0.717) is 26.7 Å². The molecule has 0 saturated carbocycles. The third-order valence-electron chi connectivity index (χ3n) is 3.83. The number of benzene rings is 2. The lowest BCUT2D eigenvalue weighted by atomic mass is 10.1. The fourth-order valence-electron chi connectivity index (χ4n) is 2.53. The van der Waals surface area contributed by atoms with Gasteiger partial charge in [0, 0.05) is 12.8 Å². The van der Waals surface area contributed by atoms with Crippen molar-refractivity contribution in [1.82, 2.24) is 5.32 Å². The quantitative estimate of drug-likeness (QED) is 0.289. The highest BCUT2D eigenvalue weighted by atomic mass is 79.9. The van der Waals surface area contributed by atoms with Gasteiger partial charge in [-0.05, 0) is 74.2 Å². The minimum absolute atomic E-state index is 0.00863. The van der Waals surface area contributed by atoms with Crippen LogP contribution in [0.4, 0.5) is 0 Å². The van der Waals surface area contributed by atoms with Crippen LogP contribution in [0.25, 0.3) is 0 Å². The molecule has 1 atom stereocenters. The first-order valence-corrected chi connectivity index (χ1v) is 13.1. The van der Waals surface area contributed by atoms with E-state index in [1.807, 2.05) is 6.92 Å². The van der Waals surface area contributed by atoms with Gasteiger partial charge in [-0.3, -0.25) is 14.2 Å². The van der Waals surface area contributed by atoms with Gasteiger partial charge >= 0.3 is 5.97 Å². The molecular formula is C20H22Br2NO7P. The number of hydrogen-bond acceptors (Lipinski definition) is 6. The van der Waals surface area contributed by atoms with Crippen molar-refractivity contribution in [2.45, 2.75) is 19.5 Å². The second-order valence-electron chi connectivity index (χ2n) is 6.78. The first-order chi connectivity index (χ1) is 14.5. The fourth-order valence-corrected chi connectivity index (χ4v) is 4.84. The van der Waals surface area contributed by atoms with E-state index in [0.717, 1.165) is 0 Å². The lowest BCUT2D eigenvalue weighted by Gasteiger charge is -2.14. The van der Waals surface area contributed by atoms with Crippen LogP contribution >= 0.6 is 39.2 Å². The van der Waals surface area contributed by atoms with Gasteiger partial charge in [0.15, 0.2) is 5.75 Å². The van der Waals surface area contributed by atoms with Gasteiger partial charge in [0.2, 0.25) is 7.37 Å². The number of hydrogen-bond donors (Lipinski definition) is 3. The summed E-state index contributed by atoms with van der Waals surface area (Å²) in [6.45, 7) is 3.08. The zero-order valence-electron chi connectivity index (χ0n) is 16.9. The first-order valence-electron chi connectivity index (χ1n) is 9.22. The third kappa shape index (κ3) is 7.96. The van der Waals surface area contributed by atoms with Crippen molar-refractivity contribution >= 4 is 51.1 Å². The Morgan fingerprint density at radius 1 is 1.16 bits per heavy atom. The van der Waals surface area contributed by atoms with Gasteiger partial charge in [-0.25, -0.2) is 0 Å². The maximum atomic E-state index is 12.4. The minimum Gasteiger partial charge on any atom is -0.507 e. The number of nitrogens with one attached hydrogen (secondary N) is 1. The normalized spacial score (nSPS) is 12.7. The summed E-state index contributed by atoms with van der Waals surface area (Å²) in [5.74, 6) is -0.871. The van der Waals surface area contributed by atoms with E-state index in [1.165, 1.54) is 24.9 Å². The Balaban J connectivity index is 2.17. The van der Waals surface area contributed by atoms with Crippen LogP contribution in [0, 0.1) is 0 Å². The molecule has 0 aliphatic rings. The standard InChI is InChI=1S/C20H22Br2NO7P/c1-3-6-29-18(25)10-23-20(26)14-9-13(4-5-17(14)24)30-19-15(21)7-12(8-16(19)22)11-31(2,27)28/h4-5,7-9,24H,3,6,10-11H2,1-2H3,(H,23,26)(H,27,28). The Kier molecular flexibility index (Phi) is 9.12. The van der Waals surface area contributed by atoms with Crippen LogP contribution in [0.15, 0.2) is 39.3 Å². The van der Waals surface area contributed by atoms with Gasteiger partial charge in [-0.15, -0.1) is 0 Å². The summed E-state index contributed by atoms with van der Waals surface area (Å²) in [5.41, 5.74) is 0.567. The zero-order valence-corrected chi connectivity index (χ0v) is 20.9. The van der Waals surface area contributed by atoms with Gasteiger partial charge in [-0.2, -0.15) is 0 Å². The predicted octanol–water partition coefficient (Wildman–Crippen LogP) is 4.79. The van der Waals surface area contributed by atoms with Crippen LogP contribution in [0.1, 0.15) is 29.3 Å². The summed E-state index contributed by atoms with van der Waals surface area (Å²) in [6, 6.07) is 7.45. The molecule has 1 unspecified atom stereocenters. The molecule has 2 aromatic carbocycles. The molecule has 0 fully saturated rings. The largest absolute Gasteiger partial charge is 0.507 e. The maximum absolute atomic E-state index is 12.4. The molecule has 11 heteroatoms. The van der Waals surface area contributed by atoms with Crippen molar-refractivity contribution in [3.63, 3.8) is 0 Å². The molecule has 1 amide bonds. The Morgan fingerprint density at radius 3 is 2.39 bits per heavy atom. The first kappa shape index (κ1) is 25.4. The molecule has 8 nitrogen and oxygen atoms in total. The van der Waals surface area contributed by atoms with Crippen molar-refractivity contribution in [1.29, 1.82) is 0 Å². The van der Waals surface area contributed by atoms with E-state index < -0.39 is 19.2 Å². The number of rotatable bonds is 9. The number of carbonyl (C=O) groups excluding carboxylic acids is 2. The second-order valence-corrected chi connectivity index (χ2v) is 10.9. The Labute approximate surface area is 196 Å². The number of phenols is 1. The van der Waals surface area contributed by atoms with E-state index in [-0.39, 0.29) is 36.4 Å². The van der Waals surface area contributed by atoms with Crippen LogP contribution < -0.4 is 10.1 Å². The van der Waals surface area contributed by atoms with Crippen LogP contribution in [0.2, 0.25) is 0 Å². The number of carbonyl (C=O) groups is 2. The molecule has 0 bridgehead atoms.